The van der Waals surface area contributed by atoms with Crippen LogP contribution in [-0.4, -0.2) is 77.7 Å². The minimum absolute atomic E-state index is 0.110. The molecule has 4 N–H and O–H groups in total. The Morgan fingerprint density at radius 1 is 0.976 bits per heavy atom. The molecular weight excluding hydrogens is 526 g/mol. The average molecular weight is 582 g/mol. The lowest BCUT2D eigenvalue weighted by Gasteiger charge is -2.23. The Labute approximate surface area is 246 Å². The van der Waals surface area contributed by atoms with E-state index in [9.17, 15) is 29.7 Å². The van der Waals surface area contributed by atoms with Crippen LogP contribution in [0, 0.1) is 11.8 Å². The number of esters is 1. The largest absolute Gasteiger partial charge is 0.452 e. The summed E-state index contributed by atoms with van der Waals surface area (Å²) >= 11 is 0. The zero-order chi connectivity index (χ0) is 30.6. The van der Waals surface area contributed by atoms with Crippen LogP contribution in [-0.2, 0) is 23.9 Å². The molecule has 0 saturated heterocycles. The van der Waals surface area contributed by atoms with Crippen molar-refractivity contribution in [2.24, 2.45) is 11.8 Å². The van der Waals surface area contributed by atoms with Crippen molar-refractivity contribution in [3.05, 3.63) is 23.8 Å². The molecule has 0 fully saturated rings. The maximum atomic E-state index is 12.7. The van der Waals surface area contributed by atoms with Crippen molar-refractivity contribution in [3.8, 4) is 0 Å². The number of nitrogens with one attached hydrogen (secondary N) is 1. The van der Waals surface area contributed by atoms with Gasteiger partial charge in [0.15, 0.2) is 6.10 Å². The average Bonchev–Trinajstić information content (AvgIpc) is 2.94. The van der Waals surface area contributed by atoms with Gasteiger partial charge in [-0.15, -0.1) is 0 Å². The normalized spacial score (nSPS) is 31.9. The summed E-state index contributed by atoms with van der Waals surface area (Å²) in [5, 5.41) is 33.9. The molecule has 0 aromatic rings. The lowest BCUT2D eigenvalue weighted by Crippen LogP contribution is -2.43. The van der Waals surface area contributed by atoms with Crippen LogP contribution in [0.3, 0.4) is 0 Å². The first-order valence-electron chi connectivity index (χ1n) is 15.5. The van der Waals surface area contributed by atoms with Crippen LogP contribution in [0.15, 0.2) is 23.8 Å². The SMILES string of the molecule is CCCC1OC(=O)[C@@H](C)CCCCC(=O)CCC[C@@H](CC)/C=C/C=C(\COC)CC[C@@H](O)[C@@H](O)C[C@H](O)CNC1=O. The standard InChI is InChI=1S/C32H55NO8/c1-5-11-30-31(38)33-21-27(35)20-29(37)28(36)19-18-25(22-40-4)15-9-13-24(6-2)14-10-17-26(34)16-8-7-12-23(3)32(39)41-30/h9,13,15,23-24,27-30,35-37H,5-8,10-12,14,16-22H2,1-4H3,(H,33,38)/b13-9+,25-15-/t23-,24-,27-,28+,29-,30?/m0/s1. The van der Waals surface area contributed by atoms with E-state index in [0.29, 0.717) is 51.0 Å². The summed E-state index contributed by atoms with van der Waals surface area (Å²) < 4.78 is 10.8. The summed E-state index contributed by atoms with van der Waals surface area (Å²) in [6, 6.07) is 0. The fraction of sp³-hybridized carbons (Fsp3) is 0.781. The van der Waals surface area contributed by atoms with Crippen LogP contribution in [0.1, 0.15) is 104 Å². The number of methoxy groups -OCH3 is 1. The molecule has 1 heterocycles. The number of amides is 1. The Morgan fingerprint density at radius 2 is 1.71 bits per heavy atom. The van der Waals surface area contributed by atoms with Gasteiger partial charge in [0, 0.05) is 32.9 Å². The van der Waals surface area contributed by atoms with Gasteiger partial charge >= 0.3 is 5.97 Å². The van der Waals surface area contributed by atoms with Crippen molar-refractivity contribution < 1.29 is 39.2 Å². The summed E-state index contributed by atoms with van der Waals surface area (Å²) in [4.78, 5) is 37.7. The molecule has 0 saturated carbocycles. The monoisotopic (exact) mass is 581 g/mol. The maximum Gasteiger partial charge on any atom is 0.309 e. The molecule has 0 aliphatic carbocycles. The van der Waals surface area contributed by atoms with Gasteiger partial charge in [-0.2, -0.15) is 0 Å². The second-order valence-corrected chi connectivity index (χ2v) is 11.4. The van der Waals surface area contributed by atoms with Crippen molar-refractivity contribution in [1.82, 2.24) is 5.32 Å². The van der Waals surface area contributed by atoms with Crippen molar-refractivity contribution in [3.63, 3.8) is 0 Å². The quantitative estimate of drug-likeness (QED) is 0.355. The summed E-state index contributed by atoms with van der Waals surface area (Å²) in [5.41, 5.74) is 0.972. The Hall–Kier alpha value is -2.07. The Kier molecular flexibility index (Phi) is 19.5. The molecule has 9 heteroatoms. The number of hydrogen-bond acceptors (Lipinski definition) is 8. The van der Waals surface area contributed by atoms with E-state index in [1.165, 1.54) is 0 Å². The number of rotatable bonds is 5. The number of allylic oxidation sites excluding steroid dienone is 3. The highest BCUT2D eigenvalue weighted by molar-refractivity contribution is 5.84. The van der Waals surface area contributed by atoms with Crippen molar-refractivity contribution >= 4 is 17.7 Å². The molecule has 1 unspecified atom stereocenters. The molecule has 0 radical (unpaired) electrons. The highest BCUT2D eigenvalue weighted by atomic mass is 16.5. The minimum Gasteiger partial charge on any atom is -0.452 e. The number of cyclic esters (lactones) is 1. The van der Waals surface area contributed by atoms with Crippen molar-refractivity contribution in [2.75, 3.05) is 20.3 Å². The van der Waals surface area contributed by atoms with Crippen LogP contribution in [0.25, 0.3) is 0 Å². The molecule has 6 atom stereocenters. The summed E-state index contributed by atoms with van der Waals surface area (Å²) in [7, 11) is 1.61. The Balaban J connectivity index is 2.94. The van der Waals surface area contributed by atoms with E-state index in [1.807, 2.05) is 19.1 Å². The summed E-state index contributed by atoms with van der Waals surface area (Å²) in [6.45, 7) is 6.04. The van der Waals surface area contributed by atoms with Crippen molar-refractivity contribution in [1.29, 1.82) is 0 Å². The smallest absolute Gasteiger partial charge is 0.309 e. The summed E-state index contributed by atoms with van der Waals surface area (Å²) in [5.74, 6) is -0.745. The fourth-order valence-electron chi connectivity index (χ4n) is 4.89. The Morgan fingerprint density at radius 3 is 2.39 bits per heavy atom. The number of aliphatic hydroxyl groups excluding tert-OH is 3. The minimum atomic E-state index is -1.17. The van der Waals surface area contributed by atoms with E-state index in [2.05, 4.69) is 18.3 Å². The molecular formula is C32H55NO8. The third-order valence-electron chi connectivity index (χ3n) is 7.68. The number of carbonyl (C=O) groups is 3. The van der Waals surface area contributed by atoms with Crippen LogP contribution in [0.5, 0.6) is 0 Å². The number of ether oxygens (including phenoxy) is 2. The first-order valence-corrected chi connectivity index (χ1v) is 15.5. The molecule has 236 valence electrons. The third-order valence-corrected chi connectivity index (χ3v) is 7.68. The number of Topliss-reactive ketones (excluding diaryl/α,β-unsaturated/α-hetero) is 1. The van der Waals surface area contributed by atoms with Crippen LogP contribution < -0.4 is 5.32 Å². The van der Waals surface area contributed by atoms with E-state index in [1.54, 1.807) is 14.0 Å². The van der Waals surface area contributed by atoms with Gasteiger partial charge in [0.2, 0.25) is 0 Å². The number of aliphatic hydroxyl groups is 3. The maximum absolute atomic E-state index is 12.7. The van der Waals surface area contributed by atoms with Gasteiger partial charge in [0.1, 0.15) is 5.78 Å². The number of β-amino-alcohol motifs (C(OH)–C–C–N with tert-alkyl or cyclic N) is 1. The lowest BCUT2D eigenvalue weighted by molar-refractivity contribution is -0.160. The highest BCUT2D eigenvalue weighted by Crippen LogP contribution is 2.19. The molecule has 1 amide bonds. The zero-order valence-electron chi connectivity index (χ0n) is 25.7. The van der Waals surface area contributed by atoms with E-state index in [0.717, 1.165) is 37.7 Å². The molecule has 1 aliphatic heterocycles. The zero-order valence-corrected chi connectivity index (χ0v) is 25.7. The molecule has 1 rings (SSSR count). The van der Waals surface area contributed by atoms with Gasteiger partial charge in [-0.1, -0.05) is 51.8 Å². The predicted octanol–water partition coefficient (Wildman–Crippen LogP) is 4.17. The van der Waals surface area contributed by atoms with Gasteiger partial charge in [-0.25, -0.2) is 0 Å². The van der Waals surface area contributed by atoms with Gasteiger partial charge in [0.05, 0.1) is 30.8 Å². The molecule has 9 nitrogen and oxygen atoms in total. The molecule has 0 spiro atoms. The van der Waals surface area contributed by atoms with Crippen LogP contribution >= 0.6 is 0 Å². The highest BCUT2D eigenvalue weighted by Gasteiger charge is 2.26. The van der Waals surface area contributed by atoms with E-state index >= 15 is 0 Å². The van der Waals surface area contributed by atoms with Gasteiger partial charge in [-0.05, 0) is 62.9 Å². The molecule has 0 aromatic carbocycles. The number of hydrogen-bond donors (Lipinski definition) is 4. The first-order chi connectivity index (χ1) is 19.6. The topological polar surface area (TPSA) is 142 Å². The van der Waals surface area contributed by atoms with Gasteiger partial charge in [0.25, 0.3) is 5.91 Å². The Bertz CT molecular complexity index is 827. The van der Waals surface area contributed by atoms with Gasteiger partial charge < -0.3 is 30.1 Å². The molecule has 1 aliphatic rings. The van der Waals surface area contributed by atoms with E-state index in [4.69, 9.17) is 9.47 Å². The number of ketones is 1. The second kappa shape index (κ2) is 21.6. The molecule has 0 aromatic heterocycles. The van der Waals surface area contributed by atoms with Gasteiger partial charge in [-0.3, -0.25) is 14.4 Å². The van der Waals surface area contributed by atoms with Crippen molar-refractivity contribution in [2.45, 2.75) is 129 Å². The predicted molar refractivity (Wildman–Crippen MR) is 159 cm³/mol. The number of carbonyl (C=O) groups excluding carboxylic acids is 3. The third kappa shape index (κ3) is 16.2. The second-order valence-electron chi connectivity index (χ2n) is 11.4. The van der Waals surface area contributed by atoms with Crippen LogP contribution in [0.4, 0.5) is 0 Å². The molecule has 41 heavy (non-hydrogen) atoms. The van der Waals surface area contributed by atoms with E-state index < -0.39 is 42.2 Å². The van der Waals surface area contributed by atoms with Crippen LogP contribution in [0.2, 0.25) is 0 Å². The molecule has 0 bridgehead atoms. The first kappa shape index (κ1) is 37.0. The fourth-order valence-corrected chi connectivity index (χ4v) is 4.89. The van der Waals surface area contributed by atoms with E-state index in [-0.39, 0.29) is 25.2 Å². The summed E-state index contributed by atoms with van der Waals surface area (Å²) in [6.07, 6.45) is 9.32. The lowest BCUT2D eigenvalue weighted by atomic mass is 9.96.